The Labute approximate surface area is 106 Å². The molecule has 0 aliphatic carbocycles. The van der Waals surface area contributed by atoms with Crippen molar-refractivity contribution in [2.24, 2.45) is 5.73 Å². The van der Waals surface area contributed by atoms with Crippen molar-refractivity contribution < 1.29 is 4.74 Å². The maximum absolute atomic E-state index is 5.84. The molecule has 0 aliphatic rings. The van der Waals surface area contributed by atoms with Crippen LogP contribution in [0.15, 0.2) is 24.3 Å². The Bertz CT molecular complexity index is 492. The summed E-state index contributed by atoms with van der Waals surface area (Å²) < 4.78 is 7.14. The molecule has 0 aliphatic heterocycles. The summed E-state index contributed by atoms with van der Waals surface area (Å²) in [5.41, 5.74) is 7.08. The van der Waals surface area contributed by atoms with Gasteiger partial charge in [0.15, 0.2) is 0 Å². The fourth-order valence-electron chi connectivity index (χ4n) is 1.82. The van der Waals surface area contributed by atoms with Crippen LogP contribution in [0.25, 0.3) is 10.1 Å². The molecule has 2 N–H and O–H groups in total. The number of fused-ring (bicyclic) bond motifs is 1. The topological polar surface area (TPSA) is 35.2 Å². The molecule has 92 valence electrons. The molecule has 0 saturated heterocycles. The molecule has 1 unspecified atom stereocenters. The summed E-state index contributed by atoms with van der Waals surface area (Å²) in [4.78, 5) is 1.24. The molecule has 1 heterocycles. The van der Waals surface area contributed by atoms with Crippen LogP contribution in [0.5, 0.6) is 0 Å². The second-order valence-electron chi connectivity index (χ2n) is 4.23. The molecular weight excluding hydrogens is 230 g/mol. The first-order chi connectivity index (χ1) is 8.26. The van der Waals surface area contributed by atoms with E-state index in [-0.39, 0.29) is 0 Å². The Morgan fingerprint density at radius 2 is 2.12 bits per heavy atom. The first kappa shape index (κ1) is 12.6. The Kier molecular flexibility index (Phi) is 4.15. The van der Waals surface area contributed by atoms with Crippen LogP contribution in [-0.2, 0) is 17.9 Å². The van der Waals surface area contributed by atoms with Crippen molar-refractivity contribution in [1.29, 1.82) is 0 Å². The zero-order valence-electron chi connectivity index (χ0n) is 10.4. The third-order valence-corrected chi connectivity index (χ3v) is 4.29. The Hall–Kier alpha value is -0.900. The molecule has 1 aromatic carbocycles. The van der Waals surface area contributed by atoms with Gasteiger partial charge in [0.25, 0.3) is 0 Å². The lowest BCUT2D eigenvalue weighted by molar-refractivity contribution is 0.0513. The fraction of sp³-hybridized carbons (Fsp3) is 0.429. The fourth-order valence-corrected chi connectivity index (χ4v) is 2.90. The maximum Gasteiger partial charge on any atom is 0.0737 e. The molecule has 0 fully saturated rings. The van der Waals surface area contributed by atoms with Gasteiger partial charge in [0.1, 0.15) is 0 Å². The number of ether oxygens (including phenoxy) is 1. The lowest BCUT2D eigenvalue weighted by atomic mass is 10.1. The molecule has 3 heteroatoms. The molecule has 2 nitrogen and oxygen atoms in total. The summed E-state index contributed by atoms with van der Waals surface area (Å²) in [6.45, 7) is 5.51. The van der Waals surface area contributed by atoms with Gasteiger partial charge in [-0.25, -0.2) is 0 Å². The van der Waals surface area contributed by atoms with E-state index in [1.807, 2.05) is 0 Å². The summed E-state index contributed by atoms with van der Waals surface area (Å²) in [5, 5.41) is 1.29. The van der Waals surface area contributed by atoms with E-state index in [1.165, 1.54) is 20.5 Å². The number of benzene rings is 1. The van der Waals surface area contributed by atoms with Crippen LogP contribution in [0.4, 0.5) is 0 Å². The van der Waals surface area contributed by atoms with Crippen LogP contribution in [0.3, 0.4) is 0 Å². The van der Waals surface area contributed by atoms with E-state index >= 15 is 0 Å². The Morgan fingerprint density at radius 3 is 2.82 bits per heavy atom. The van der Waals surface area contributed by atoms with E-state index in [4.69, 9.17) is 10.5 Å². The second kappa shape index (κ2) is 5.63. The SMILES string of the molecule is CCC(C)OCc1c(CN)sc2ccccc12. The summed E-state index contributed by atoms with van der Waals surface area (Å²) >= 11 is 1.78. The molecule has 0 saturated carbocycles. The lowest BCUT2D eigenvalue weighted by Gasteiger charge is -2.11. The highest BCUT2D eigenvalue weighted by atomic mass is 32.1. The highest BCUT2D eigenvalue weighted by Crippen LogP contribution is 2.31. The third-order valence-electron chi connectivity index (χ3n) is 3.05. The van der Waals surface area contributed by atoms with Gasteiger partial charge in [0.2, 0.25) is 0 Å². The van der Waals surface area contributed by atoms with Crippen molar-refractivity contribution in [3.05, 3.63) is 34.7 Å². The van der Waals surface area contributed by atoms with Crippen LogP contribution in [0.2, 0.25) is 0 Å². The lowest BCUT2D eigenvalue weighted by Crippen LogP contribution is -2.07. The van der Waals surface area contributed by atoms with E-state index < -0.39 is 0 Å². The van der Waals surface area contributed by atoms with Crippen molar-refractivity contribution in [3.8, 4) is 0 Å². The number of rotatable bonds is 5. The van der Waals surface area contributed by atoms with Crippen molar-refractivity contribution in [3.63, 3.8) is 0 Å². The zero-order chi connectivity index (χ0) is 12.3. The largest absolute Gasteiger partial charge is 0.374 e. The number of hydrogen-bond donors (Lipinski definition) is 1. The molecular formula is C14H19NOS. The van der Waals surface area contributed by atoms with Crippen molar-refractivity contribution >= 4 is 21.4 Å². The maximum atomic E-state index is 5.84. The van der Waals surface area contributed by atoms with Crippen molar-refractivity contribution in [1.82, 2.24) is 0 Å². The van der Waals surface area contributed by atoms with E-state index in [0.717, 1.165) is 6.42 Å². The number of nitrogens with two attached hydrogens (primary N) is 1. The minimum Gasteiger partial charge on any atom is -0.374 e. The first-order valence-electron chi connectivity index (χ1n) is 6.07. The predicted octanol–water partition coefficient (Wildman–Crippen LogP) is 3.68. The van der Waals surface area contributed by atoms with Gasteiger partial charge in [-0.2, -0.15) is 0 Å². The summed E-state index contributed by atoms with van der Waals surface area (Å²) in [6.07, 6.45) is 1.35. The van der Waals surface area contributed by atoms with Crippen molar-refractivity contribution in [2.45, 2.75) is 39.5 Å². The van der Waals surface area contributed by atoms with E-state index in [1.54, 1.807) is 11.3 Å². The van der Waals surface area contributed by atoms with Gasteiger partial charge >= 0.3 is 0 Å². The van der Waals surface area contributed by atoms with Crippen LogP contribution < -0.4 is 5.73 Å². The van der Waals surface area contributed by atoms with Gasteiger partial charge in [0.05, 0.1) is 12.7 Å². The third kappa shape index (κ3) is 2.68. The number of thiophene rings is 1. The molecule has 1 atom stereocenters. The Balaban J connectivity index is 2.30. The van der Waals surface area contributed by atoms with E-state index in [2.05, 4.69) is 38.1 Å². The Morgan fingerprint density at radius 1 is 1.35 bits per heavy atom. The highest BCUT2D eigenvalue weighted by Gasteiger charge is 2.11. The molecule has 1 aromatic heterocycles. The quantitative estimate of drug-likeness (QED) is 0.877. The number of hydrogen-bond acceptors (Lipinski definition) is 3. The van der Waals surface area contributed by atoms with Gasteiger partial charge in [-0.15, -0.1) is 11.3 Å². The average molecular weight is 249 g/mol. The van der Waals surface area contributed by atoms with E-state index in [9.17, 15) is 0 Å². The minimum absolute atomic E-state index is 0.305. The van der Waals surface area contributed by atoms with Crippen LogP contribution in [0.1, 0.15) is 30.7 Å². The van der Waals surface area contributed by atoms with E-state index in [0.29, 0.717) is 19.3 Å². The van der Waals surface area contributed by atoms with Gasteiger partial charge in [-0.05, 0) is 24.8 Å². The first-order valence-corrected chi connectivity index (χ1v) is 6.88. The average Bonchev–Trinajstić information content (AvgIpc) is 2.73. The highest BCUT2D eigenvalue weighted by molar-refractivity contribution is 7.19. The molecule has 0 spiro atoms. The smallest absolute Gasteiger partial charge is 0.0737 e. The molecule has 0 radical (unpaired) electrons. The summed E-state index contributed by atoms with van der Waals surface area (Å²) in [6, 6.07) is 8.44. The predicted molar refractivity (Wildman–Crippen MR) is 74.3 cm³/mol. The molecule has 0 bridgehead atoms. The minimum atomic E-state index is 0.305. The summed E-state index contributed by atoms with van der Waals surface area (Å²) in [7, 11) is 0. The standard InChI is InChI=1S/C14H19NOS/c1-3-10(2)16-9-12-11-6-4-5-7-13(11)17-14(12)8-15/h4-7,10H,3,8-9,15H2,1-2H3. The molecule has 17 heavy (non-hydrogen) atoms. The van der Waals surface area contributed by atoms with Crippen molar-refractivity contribution in [2.75, 3.05) is 0 Å². The van der Waals surface area contributed by atoms with Gasteiger partial charge in [-0.1, -0.05) is 25.1 Å². The van der Waals surface area contributed by atoms with Gasteiger partial charge in [-0.3, -0.25) is 0 Å². The van der Waals surface area contributed by atoms with Crippen LogP contribution in [0, 0.1) is 0 Å². The van der Waals surface area contributed by atoms with Gasteiger partial charge < -0.3 is 10.5 Å². The molecule has 2 aromatic rings. The molecule has 2 rings (SSSR count). The second-order valence-corrected chi connectivity index (χ2v) is 5.37. The normalized spacial score (nSPS) is 13.1. The monoisotopic (exact) mass is 249 g/mol. The zero-order valence-corrected chi connectivity index (χ0v) is 11.2. The van der Waals surface area contributed by atoms with Crippen LogP contribution in [-0.4, -0.2) is 6.10 Å². The van der Waals surface area contributed by atoms with Crippen LogP contribution >= 0.6 is 11.3 Å². The summed E-state index contributed by atoms with van der Waals surface area (Å²) in [5.74, 6) is 0. The molecule has 0 amide bonds. The van der Waals surface area contributed by atoms with Gasteiger partial charge in [0, 0.05) is 21.7 Å².